The molecule has 6 heteroatoms. The van der Waals surface area contributed by atoms with Crippen molar-refractivity contribution in [1.82, 2.24) is 15.5 Å². The average Bonchev–Trinajstić information content (AvgIpc) is 2.62. The van der Waals surface area contributed by atoms with Crippen LogP contribution in [0.2, 0.25) is 0 Å². The average molecular weight is 373 g/mol. The molecule has 27 heavy (non-hydrogen) atoms. The summed E-state index contributed by atoms with van der Waals surface area (Å²) >= 11 is 0. The molecule has 2 aliphatic rings. The zero-order chi connectivity index (χ0) is 19.4. The zero-order valence-corrected chi connectivity index (χ0v) is 16.6. The third kappa shape index (κ3) is 5.01. The molecule has 0 saturated carbocycles. The fraction of sp³-hybridized carbons (Fsp3) is 0.619. The minimum Gasteiger partial charge on any atom is -0.487 e. The summed E-state index contributed by atoms with van der Waals surface area (Å²) in [7, 11) is 0. The molecular weight excluding hydrogens is 342 g/mol. The number of fused-ring (bicyclic) bond motifs is 1. The lowest BCUT2D eigenvalue weighted by Crippen LogP contribution is -2.53. The molecule has 148 valence electrons. The van der Waals surface area contributed by atoms with Gasteiger partial charge in [0.25, 0.3) is 0 Å². The topological polar surface area (TPSA) is 70.7 Å². The maximum absolute atomic E-state index is 12.3. The molecule has 2 N–H and O–H groups in total. The van der Waals surface area contributed by atoms with Gasteiger partial charge in [0.2, 0.25) is 11.8 Å². The lowest BCUT2D eigenvalue weighted by Gasteiger charge is -2.47. The summed E-state index contributed by atoms with van der Waals surface area (Å²) in [5.74, 6) is 1.16. The number of para-hydroxylation sites is 1. The second-order valence-corrected chi connectivity index (χ2v) is 8.25. The highest BCUT2D eigenvalue weighted by Crippen LogP contribution is 2.44. The predicted octanol–water partition coefficient (Wildman–Crippen LogP) is 2.25. The van der Waals surface area contributed by atoms with Gasteiger partial charge < -0.3 is 20.3 Å². The Kier molecular flexibility index (Phi) is 6.05. The minimum absolute atomic E-state index is 0.00399. The lowest BCUT2D eigenvalue weighted by atomic mass is 9.80. The molecule has 3 rings (SSSR count). The summed E-state index contributed by atoms with van der Waals surface area (Å²) in [6, 6.07) is 7.86. The summed E-state index contributed by atoms with van der Waals surface area (Å²) in [5.41, 5.74) is 0.789. The lowest BCUT2D eigenvalue weighted by molar-refractivity contribution is -0.126. The molecule has 1 aromatic carbocycles. The van der Waals surface area contributed by atoms with Crippen molar-refractivity contribution in [2.75, 3.05) is 26.2 Å². The number of benzene rings is 1. The van der Waals surface area contributed by atoms with E-state index >= 15 is 0 Å². The first-order chi connectivity index (χ1) is 12.9. The van der Waals surface area contributed by atoms with Crippen LogP contribution in [0.5, 0.6) is 5.75 Å². The van der Waals surface area contributed by atoms with Crippen molar-refractivity contribution in [3.63, 3.8) is 0 Å². The van der Waals surface area contributed by atoms with E-state index in [1.165, 1.54) is 6.92 Å². The van der Waals surface area contributed by atoms with Crippen LogP contribution in [0.3, 0.4) is 0 Å². The fourth-order valence-electron chi connectivity index (χ4n) is 4.16. The van der Waals surface area contributed by atoms with E-state index in [1.807, 2.05) is 24.3 Å². The molecule has 0 aromatic heterocycles. The Bertz CT molecular complexity index is 681. The van der Waals surface area contributed by atoms with E-state index in [1.54, 1.807) is 0 Å². The molecule has 1 spiro atoms. The SMILES string of the molecule is CC(=O)NCC(=O)N[C@H]1CC2(CCN(CC(C)C)CC2)Oc2ccccc21. The number of likely N-dealkylation sites (tertiary alicyclic amines) is 1. The first-order valence-electron chi connectivity index (χ1n) is 9.91. The first kappa shape index (κ1) is 19.7. The van der Waals surface area contributed by atoms with Crippen molar-refractivity contribution in [2.24, 2.45) is 5.92 Å². The maximum Gasteiger partial charge on any atom is 0.239 e. The maximum atomic E-state index is 12.3. The molecule has 2 amide bonds. The first-order valence-corrected chi connectivity index (χ1v) is 9.91. The van der Waals surface area contributed by atoms with Crippen molar-refractivity contribution in [1.29, 1.82) is 0 Å². The second kappa shape index (κ2) is 8.30. The van der Waals surface area contributed by atoms with Gasteiger partial charge in [0.15, 0.2) is 0 Å². The monoisotopic (exact) mass is 373 g/mol. The van der Waals surface area contributed by atoms with E-state index in [-0.39, 0.29) is 30.0 Å². The highest BCUT2D eigenvalue weighted by molar-refractivity contribution is 5.83. The van der Waals surface area contributed by atoms with Gasteiger partial charge in [0.1, 0.15) is 11.4 Å². The van der Waals surface area contributed by atoms with Crippen LogP contribution in [-0.4, -0.2) is 48.5 Å². The zero-order valence-electron chi connectivity index (χ0n) is 16.6. The van der Waals surface area contributed by atoms with Gasteiger partial charge in [0, 0.05) is 38.5 Å². The molecule has 1 atom stereocenters. The van der Waals surface area contributed by atoms with Gasteiger partial charge in [-0.25, -0.2) is 0 Å². The Hall–Kier alpha value is -2.08. The van der Waals surface area contributed by atoms with Crippen molar-refractivity contribution in [3.8, 4) is 5.75 Å². The molecule has 0 bridgehead atoms. The van der Waals surface area contributed by atoms with Gasteiger partial charge in [-0.2, -0.15) is 0 Å². The van der Waals surface area contributed by atoms with Gasteiger partial charge >= 0.3 is 0 Å². The highest BCUT2D eigenvalue weighted by Gasteiger charge is 2.43. The molecule has 1 saturated heterocycles. The number of carbonyl (C=O) groups is 2. The van der Waals surface area contributed by atoms with Crippen LogP contribution in [0.1, 0.15) is 51.6 Å². The summed E-state index contributed by atoms with van der Waals surface area (Å²) in [5, 5.41) is 5.66. The van der Waals surface area contributed by atoms with Crippen LogP contribution in [-0.2, 0) is 9.59 Å². The molecule has 0 unspecified atom stereocenters. The number of carbonyl (C=O) groups excluding carboxylic acids is 2. The molecule has 6 nitrogen and oxygen atoms in total. The van der Waals surface area contributed by atoms with Crippen LogP contribution in [0, 0.1) is 5.92 Å². The highest BCUT2D eigenvalue weighted by atomic mass is 16.5. The smallest absolute Gasteiger partial charge is 0.239 e. The van der Waals surface area contributed by atoms with Crippen LogP contribution in [0.4, 0.5) is 0 Å². The Labute approximate surface area is 161 Å². The Balaban J connectivity index is 1.71. The van der Waals surface area contributed by atoms with Gasteiger partial charge in [-0.15, -0.1) is 0 Å². The number of ether oxygens (including phenoxy) is 1. The van der Waals surface area contributed by atoms with E-state index in [4.69, 9.17) is 4.74 Å². The third-order valence-electron chi connectivity index (χ3n) is 5.42. The fourth-order valence-corrected chi connectivity index (χ4v) is 4.16. The Morgan fingerprint density at radius 1 is 1.26 bits per heavy atom. The predicted molar refractivity (Wildman–Crippen MR) is 104 cm³/mol. The van der Waals surface area contributed by atoms with Crippen LogP contribution in [0.15, 0.2) is 24.3 Å². The summed E-state index contributed by atoms with van der Waals surface area (Å²) in [4.78, 5) is 25.9. The number of nitrogens with one attached hydrogen (secondary N) is 2. The summed E-state index contributed by atoms with van der Waals surface area (Å²) < 4.78 is 6.48. The minimum atomic E-state index is -0.228. The van der Waals surface area contributed by atoms with E-state index in [0.717, 1.165) is 50.2 Å². The molecule has 2 heterocycles. The van der Waals surface area contributed by atoms with Gasteiger partial charge in [0.05, 0.1) is 12.6 Å². The second-order valence-electron chi connectivity index (χ2n) is 8.25. The third-order valence-corrected chi connectivity index (χ3v) is 5.42. The van der Waals surface area contributed by atoms with Crippen molar-refractivity contribution in [2.45, 2.75) is 51.7 Å². The van der Waals surface area contributed by atoms with E-state index < -0.39 is 0 Å². The van der Waals surface area contributed by atoms with E-state index in [2.05, 4.69) is 29.4 Å². The largest absolute Gasteiger partial charge is 0.487 e. The number of hydrogen-bond donors (Lipinski definition) is 2. The number of piperidine rings is 1. The standard InChI is InChI=1S/C21H31N3O3/c1-15(2)14-24-10-8-21(9-11-24)12-18(23-20(26)13-22-16(3)25)17-6-4-5-7-19(17)27-21/h4-7,15,18H,8-14H2,1-3H3,(H,22,25)(H,23,26)/t18-/m0/s1. The molecular formula is C21H31N3O3. The number of amides is 2. The van der Waals surface area contributed by atoms with Crippen molar-refractivity contribution < 1.29 is 14.3 Å². The van der Waals surface area contributed by atoms with Crippen molar-refractivity contribution >= 4 is 11.8 Å². The van der Waals surface area contributed by atoms with E-state index in [9.17, 15) is 9.59 Å². The number of rotatable bonds is 5. The van der Waals surface area contributed by atoms with Gasteiger partial charge in [-0.1, -0.05) is 32.0 Å². The number of hydrogen-bond acceptors (Lipinski definition) is 4. The van der Waals surface area contributed by atoms with Gasteiger partial charge in [-0.05, 0) is 24.8 Å². The normalized spacial score (nSPS) is 21.4. The summed E-state index contributed by atoms with van der Waals surface area (Å²) in [6.45, 7) is 9.07. The molecule has 0 aliphatic carbocycles. The molecule has 1 aromatic rings. The Morgan fingerprint density at radius 2 is 1.96 bits per heavy atom. The molecule has 1 fully saturated rings. The molecule has 0 radical (unpaired) electrons. The van der Waals surface area contributed by atoms with Crippen LogP contribution in [0.25, 0.3) is 0 Å². The Morgan fingerprint density at radius 3 is 2.63 bits per heavy atom. The summed E-state index contributed by atoms with van der Waals surface area (Å²) in [6.07, 6.45) is 2.70. The van der Waals surface area contributed by atoms with Crippen molar-refractivity contribution in [3.05, 3.63) is 29.8 Å². The van der Waals surface area contributed by atoms with Crippen LogP contribution >= 0.6 is 0 Å². The van der Waals surface area contributed by atoms with Gasteiger partial charge in [-0.3, -0.25) is 9.59 Å². The molecule has 2 aliphatic heterocycles. The quantitative estimate of drug-likeness (QED) is 0.831. The number of nitrogens with zero attached hydrogens (tertiary/aromatic N) is 1. The van der Waals surface area contributed by atoms with E-state index in [0.29, 0.717) is 5.92 Å². The van der Waals surface area contributed by atoms with Crippen LogP contribution < -0.4 is 15.4 Å².